The average Bonchev–Trinajstić information content (AvgIpc) is 4.17. The second kappa shape index (κ2) is 19.9. The third-order valence-corrected chi connectivity index (χ3v) is 13.9. The third-order valence-electron chi connectivity index (χ3n) is 13.9. The number of fused-ring (bicyclic) bond motifs is 2. The van der Waals surface area contributed by atoms with E-state index in [2.05, 4.69) is 46.7 Å². The van der Waals surface area contributed by atoms with Gasteiger partial charge in [-0.1, -0.05) is 0 Å². The van der Waals surface area contributed by atoms with Crippen LogP contribution in [0.4, 0.5) is 34.6 Å². The molecule has 360 valence electrons. The van der Waals surface area contributed by atoms with Crippen LogP contribution in [0.25, 0.3) is 11.3 Å². The molecule has 21 heteroatoms. The van der Waals surface area contributed by atoms with Gasteiger partial charge in [0.2, 0.25) is 0 Å². The maximum absolute atomic E-state index is 13.1. The molecular weight excluding hydrogens is 875 g/mol. The Morgan fingerprint density at radius 1 is 0.691 bits per heavy atom. The smallest absolute Gasteiger partial charge is 0.274 e. The predicted octanol–water partition coefficient (Wildman–Crippen LogP) is 4.43. The highest BCUT2D eigenvalue weighted by Crippen LogP contribution is 2.34. The zero-order chi connectivity index (χ0) is 47.6. The Labute approximate surface area is 391 Å². The van der Waals surface area contributed by atoms with Gasteiger partial charge in [-0.25, -0.2) is 9.97 Å². The van der Waals surface area contributed by atoms with E-state index in [4.69, 9.17) is 9.47 Å². The van der Waals surface area contributed by atoms with Gasteiger partial charge in [-0.05, 0) is 94.4 Å². The van der Waals surface area contributed by atoms with Crippen molar-refractivity contribution in [3.63, 3.8) is 0 Å². The molecule has 4 aliphatic carbocycles. The SMILES string of the molecule is CNc1cc(Nc2cccn([C@H]3CC[C@H]3O)c2=O)nc2c(C(=O)C[C@H]3CC[C@H](OC)C3)cnn12.CNc1cc(Nc2cccn([C@H]3CC[C@H]3O)c2=O)nc2c(C(=O)N[C@@H]3CC[C@@H](OC)C3)cnn12. The number of ether oxygens (including phenoxy) is 2. The first-order valence-corrected chi connectivity index (χ1v) is 23.3. The number of ketones is 1. The highest BCUT2D eigenvalue weighted by molar-refractivity contribution is 6.02. The molecule has 4 aliphatic rings. The normalized spacial score (nSPS) is 24.1. The molecule has 10 rings (SSSR count). The summed E-state index contributed by atoms with van der Waals surface area (Å²) in [7, 11) is 6.91. The second-order valence-electron chi connectivity index (χ2n) is 18.1. The Balaban J connectivity index is 0.000000170. The van der Waals surface area contributed by atoms with Crippen molar-refractivity contribution < 1.29 is 29.3 Å². The molecule has 6 aromatic rings. The minimum absolute atomic E-state index is 0.00416. The molecule has 4 saturated carbocycles. The van der Waals surface area contributed by atoms with Crippen LogP contribution in [-0.4, -0.2) is 119 Å². The van der Waals surface area contributed by atoms with E-state index >= 15 is 0 Å². The first-order chi connectivity index (χ1) is 33.0. The summed E-state index contributed by atoms with van der Waals surface area (Å²) >= 11 is 0. The van der Waals surface area contributed by atoms with Gasteiger partial charge in [-0.15, -0.1) is 0 Å². The number of hydrogen-bond donors (Lipinski definition) is 7. The molecule has 4 fully saturated rings. The van der Waals surface area contributed by atoms with E-state index in [0.717, 1.165) is 51.4 Å². The maximum Gasteiger partial charge on any atom is 0.274 e. The monoisotopic (exact) mass is 933 g/mol. The Morgan fingerprint density at radius 3 is 1.68 bits per heavy atom. The van der Waals surface area contributed by atoms with Gasteiger partial charge < -0.3 is 55.4 Å². The topological polar surface area (TPSA) is 258 Å². The molecule has 6 aromatic heterocycles. The van der Waals surface area contributed by atoms with Gasteiger partial charge in [0.1, 0.15) is 40.2 Å². The van der Waals surface area contributed by atoms with Crippen LogP contribution in [0, 0.1) is 5.92 Å². The Hall–Kier alpha value is -6.68. The fourth-order valence-electron chi connectivity index (χ4n) is 9.70. The van der Waals surface area contributed by atoms with Crippen LogP contribution >= 0.6 is 0 Å². The predicted molar refractivity (Wildman–Crippen MR) is 255 cm³/mol. The average molecular weight is 934 g/mol. The first-order valence-electron chi connectivity index (χ1n) is 23.3. The number of carbonyl (C=O) groups excluding carboxylic acids is 2. The van der Waals surface area contributed by atoms with E-state index in [9.17, 15) is 29.4 Å². The lowest BCUT2D eigenvalue weighted by Gasteiger charge is -2.34. The Morgan fingerprint density at radius 2 is 1.21 bits per heavy atom. The summed E-state index contributed by atoms with van der Waals surface area (Å²) in [6.07, 6.45) is 14.6. The fraction of sp³-hybridized carbons (Fsp3) is 0.489. The summed E-state index contributed by atoms with van der Waals surface area (Å²) in [5.41, 5.74) is 1.85. The zero-order valence-electron chi connectivity index (χ0n) is 38.6. The number of Topliss-reactive ketones (excluding diaryl/α,β-unsaturated/α-hetero) is 1. The lowest BCUT2D eigenvalue weighted by Crippen LogP contribution is -2.39. The number of anilines is 6. The van der Waals surface area contributed by atoms with Crippen molar-refractivity contribution >= 4 is 57.6 Å². The Kier molecular flexibility index (Phi) is 13.6. The van der Waals surface area contributed by atoms with Crippen molar-refractivity contribution in [1.82, 2.24) is 43.6 Å². The Bertz CT molecular complexity index is 2730. The third kappa shape index (κ3) is 9.30. The number of aromatic nitrogens is 8. The first kappa shape index (κ1) is 46.4. The minimum atomic E-state index is -0.509. The second-order valence-corrected chi connectivity index (χ2v) is 18.1. The van der Waals surface area contributed by atoms with Crippen LogP contribution in [-0.2, 0) is 9.47 Å². The van der Waals surface area contributed by atoms with Crippen molar-refractivity contribution in [2.75, 3.05) is 49.6 Å². The number of methoxy groups -OCH3 is 2. The van der Waals surface area contributed by atoms with Gasteiger partial charge in [0.25, 0.3) is 17.0 Å². The summed E-state index contributed by atoms with van der Waals surface area (Å²) < 4.78 is 17.1. The number of amides is 1. The quantitative estimate of drug-likeness (QED) is 0.0703. The molecule has 21 nitrogen and oxygen atoms in total. The summed E-state index contributed by atoms with van der Waals surface area (Å²) in [4.78, 5) is 61.4. The van der Waals surface area contributed by atoms with E-state index in [1.165, 1.54) is 6.20 Å². The summed E-state index contributed by atoms with van der Waals surface area (Å²) in [5, 5.41) is 44.1. The van der Waals surface area contributed by atoms with E-state index in [-0.39, 0.29) is 53.1 Å². The lowest BCUT2D eigenvalue weighted by molar-refractivity contribution is 0.0298. The van der Waals surface area contributed by atoms with Crippen molar-refractivity contribution in [2.45, 2.75) is 113 Å². The molecule has 1 amide bonds. The molecule has 0 aromatic carbocycles. The molecule has 0 unspecified atom stereocenters. The number of pyridine rings is 2. The molecule has 6 heterocycles. The van der Waals surface area contributed by atoms with E-state index < -0.39 is 12.2 Å². The molecule has 0 aliphatic heterocycles. The molecule has 0 spiro atoms. The fourth-order valence-corrected chi connectivity index (χ4v) is 9.70. The zero-order valence-corrected chi connectivity index (χ0v) is 38.6. The van der Waals surface area contributed by atoms with Gasteiger partial charge in [-0.3, -0.25) is 19.2 Å². The highest BCUT2D eigenvalue weighted by atomic mass is 16.5. The molecule has 0 saturated heterocycles. The summed E-state index contributed by atoms with van der Waals surface area (Å²) in [6, 6.07) is 9.98. The number of aliphatic hydroxyl groups excluding tert-OH is 2. The van der Waals surface area contributed by atoms with Crippen LogP contribution in [0.1, 0.15) is 103 Å². The summed E-state index contributed by atoms with van der Waals surface area (Å²) in [6.45, 7) is 0. The van der Waals surface area contributed by atoms with Gasteiger partial charge in [0, 0.05) is 65.3 Å². The number of carbonyl (C=O) groups is 2. The van der Waals surface area contributed by atoms with Crippen molar-refractivity contribution in [3.05, 3.63) is 93.0 Å². The number of rotatable bonds is 15. The maximum atomic E-state index is 13.1. The molecule has 7 N–H and O–H groups in total. The largest absolute Gasteiger partial charge is 0.391 e. The van der Waals surface area contributed by atoms with Crippen molar-refractivity contribution in [1.29, 1.82) is 0 Å². The van der Waals surface area contributed by atoms with Crippen LogP contribution in [0.2, 0.25) is 0 Å². The van der Waals surface area contributed by atoms with Crippen molar-refractivity contribution in [2.24, 2.45) is 5.92 Å². The minimum Gasteiger partial charge on any atom is -0.391 e. The summed E-state index contributed by atoms with van der Waals surface area (Å²) in [5.74, 6) is 2.12. The lowest BCUT2D eigenvalue weighted by atomic mass is 9.89. The molecular formula is C47H59N13O8. The van der Waals surface area contributed by atoms with E-state index in [0.29, 0.717) is 82.2 Å². The highest BCUT2D eigenvalue weighted by Gasteiger charge is 2.33. The molecule has 0 radical (unpaired) electrons. The molecule has 68 heavy (non-hydrogen) atoms. The van der Waals surface area contributed by atoms with E-state index in [1.54, 1.807) is 101 Å². The molecule has 0 bridgehead atoms. The van der Waals surface area contributed by atoms with Gasteiger partial charge in [-0.2, -0.15) is 19.2 Å². The standard InChI is InChI=1S/C24H30N6O4.C23H29N7O4/c1-25-22-12-21(27-17-4-3-9-29(24(17)33)18-7-8-19(18)31)28-23-16(13-26-30(22)23)20(32)11-14-5-6-15(10-14)34-2;1-24-20-11-19(27-16-4-3-9-29(23(16)33)17-7-8-18(17)31)28-21-15(12-25-30(20)21)22(32)26-13-5-6-14(10-13)34-2/h3-4,9,12-15,18-19,25,31H,5-8,10-11H2,1-2H3,(H,27,28);3-4,9,11-14,17-18,24,31H,5-8,10H2,1-2H3,(H,26,32)(H,27,28)/t14-,15-,18-,19+;13-,14-,17+,18-/m01/s1. The number of hydrogen-bond acceptors (Lipinski definition) is 16. The van der Waals surface area contributed by atoms with Crippen LogP contribution in [0.15, 0.2) is 70.8 Å². The van der Waals surface area contributed by atoms with Crippen LogP contribution < -0.4 is 37.7 Å². The van der Waals surface area contributed by atoms with Crippen LogP contribution in [0.5, 0.6) is 0 Å². The van der Waals surface area contributed by atoms with E-state index in [1.807, 2.05) is 0 Å². The molecule has 8 atom stereocenters. The van der Waals surface area contributed by atoms with Crippen molar-refractivity contribution in [3.8, 4) is 0 Å². The number of nitrogens with one attached hydrogen (secondary N) is 5. The van der Waals surface area contributed by atoms with Crippen LogP contribution in [0.3, 0.4) is 0 Å². The van der Waals surface area contributed by atoms with Gasteiger partial charge in [0.15, 0.2) is 17.1 Å². The number of nitrogens with zero attached hydrogens (tertiary/aromatic N) is 8. The van der Waals surface area contributed by atoms with Gasteiger partial charge >= 0.3 is 0 Å². The number of aliphatic hydroxyl groups is 2. The van der Waals surface area contributed by atoms with Gasteiger partial charge in [0.05, 0.1) is 54.5 Å².